The average Bonchev–Trinajstić information content (AvgIpc) is 2.49. The summed E-state index contributed by atoms with van der Waals surface area (Å²) in [5, 5.41) is 3.53. The van der Waals surface area contributed by atoms with Crippen LogP contribution in [0.15, 0.2) is 0 Å². The molecule has 0 unspecified atom stereocenters. The summed E-state index contributed by atoms with van der Waals surface area (Å²) in [6.07, 6.45) is 2.79. The Labute approximate surface area is 138 Å². The SMILES string of the molecule is CC(C)NCCN1CCC(CN2CCN(C(C)C)CC2)CC1. The first-order valence-corrected chi connectivity index (χ1v) is 9.46. The van der Waals surface area contributed by atoms with Gasteiger partial charge in [-0.1, -0.05) is 13.8 Å². The molecule has 0 aromatic heterocycles. The van der Waals surface area contributed by atoms with Crippen LogP contribution in [-0.2, 0) is 0 Å². The zero-order valence-corrected chi connectivity index (χ0v) is 15.4. The molecule has 1 N–H and O–H groups in total. The van der Waals surface area contributed by atoms with Crippen molar-refractivity contribution >= 4 is 0 Å². The molecule has 2 rings (SSSR count). The molecule has 0 bridgehead atoms. The highest BCUT2D eigenvalue weighted by Gasteiger charge is 2.24. The van der Waals surface area contributed by atoms with Gasteiger partial charge in [0.2, 0.25) is 0 Å². The molecule has 2 aliphatic heterocycles. The van der Waals surface area contributed by atoms with E-state index in [0.29, 0.717) is 12.1 Å². The van der Waals surface area contributed by atoms with Crippen molar-refractivity contribution < 1.29 is 0 Å². The van der Waals surface area contributed by atoms with E-state index in [0.717, 1.165) is 12.5 Å². The first-order chi connectivity index (χ1) is 10.5. The quantitative estimate of drug-likeness (QED) is 0.773. The minimum atomic E-state index is 0.613. The highest BCUT2D eigenvalue weighted by molar-refractivity contribution is 4.79. The standard InChI is InChI=1S/C18H38N4/c1-16(2)19-7-10-20-8-5-18(6-9-20)15-21-11-13-22(14-12-21)17(3)4/h16-19H,5-15H2,1-4H3. The molecule has 0 atom stereocenters. The molecule has 2 saturated heterocycles. The van der Waals surface area contributed by atoms with E-state index in [-0.39, 0.29) is 0 Å². The van der Waals surface area contributed by atoms with Gasteiger partial charge in [-0.05, 0) is 45.7 Å². The monoisotopic (exact) mass is 310 g/mol. The van der Waals surface area contributed by atoms with E-state index in [9.17, 15) is 0 Å². The number of hydrogen-bond acceptors (Lipinski definition) is 4. The highest BCUT2D eigenvalue weighted by Crippen LogP contribution is 2.19. The molecule has 0 aliphatic carbocycles. The molecule has 130 valence electrons. The molecule has 4 nitrogen and oxygen atoms in total. The molecule has 0 radical (unpaired) electrons. The van der Waals surface area contributed by atoms with Gasteiger partial charge in [0.1, 0.15) is 0 Å². The smallest absolute Gasteiger partial charge is 0.0113 e. The summed E-state index contributed by atoms with van der Waals surface area (Å²) in [6, 6.07) is 1.33. The fourth-order valence-electron chi connectivity index (χ4n) is 3.73. The Morgan fingerprint density at radius 2 is 1.50 bits per heavy atom. The fourth-order valence-corrected chi connectivity index (χ4v) is 3.73. The Bertz CT molecular complexity index is 289. The fraction of sp³-hybridized carbons (Fsp3) is 1.00. The average molecular weight is 311 g/mol. The van der Waals surface area contributed by atoms with Crippen molar-refractivity contribution in [2.75, 3.05) is 58.9 Å². The van der Waals surface area contributed by atoms with E-state index < -0.39 is 0 Å². The number of hydrogen-bond donors (Lipinski definition) is 1. The normalized spacial score (nSPS) is 23.7. The van der Waals surface area contributed by atoms with E-state index in [1.54, 1.807) is 0 Å². The van der Waals surface area contributed by atoms with Crippen LogP contribution in [0.25, 0.3) is 0 Å². The molecule has 22 heavy (non-hydrogen) atoms. The van der Waals surface area contributed by atoms with Gasteiger partial charge in [0.25, 0.3) is 0 Å². The van der Waals surface area contributed by atoms with Gasteiger partial charge in [0, 0.05) is 57.9 Å². The number of rotatable bonds is 7. The van der Waals surface area contributed by atoms with E-state index in [2.05, 4.69) is 47.7 Å². The van der Waals surface area contributed by atoms with Gasteiger partial charge in [0.05, 0.1) is 0 Å². The van der Waals surface area contributed by atoms with Crippen LogP contribution in [0.4, 0.5) is 0 Å². The Morgan fingerprint density at radius 1 is 0.864 bits per heavy atom. The molecule has 4 heteroatoms. The topological polar surface area (TPSA) is 21.8 Å². The summed E-state index contributed by atoms with van der Waals surface area (Å²) >= 11 is 0. The maximum Gasteiger partial charge on any atom is 0.0113 e. The minimum absolute atomic E-state index is 0.613. The summed E-state index contributed by atoms with van der Waals surface area (Å²) in [6.45, 7) is 20.5. The van der Waals surface area contributed by atoms with Crippen molar-refractivity contribution in [3.63, 3.8) is 0 Å². The van der Waals surface area contributed by atoms with Crippen LogP contribution in [0.3, 0.4) is 0 Å². The van der Waals surface area contributed by atoms with Gasteiger partial charge in [-0.15, -0.1) is 0 Å². The van der Waals surface area contributed by atoms with Crippen LogP contribution in [-0.4, -0.2) is 85.7 Å². The van der Waals surface area contributed by atoms with Crippen molar-refractivity contribution in [2.45, 2.75) is 52.6 Å². The molecule has 0 saturated carbocycles. The van der Waals surface area contributed by atoms with Gasteiger partial charge in [-0.3, -0.25) is 4.90 Å². The Hall–Kier alpha value is -0.160. The Morgan fingerprint density at radius 3 is 2.05 bits per heavy atom. The second kappa shape index (κ2) is 9.21. The third kappa shape index (κ3) is 6.15. The number of nitrogens with zero attached hydrogens (tertiary/aromatic N) is 3. The maximum atomic E-state index is 3.53. The lowest BCUT2D eigenvalue weighted by Crippen LogP contribution is -2.50. The van der Waals surface area contributed by atoms with E-state index in [1.807, 2.05) is 0 Å². The summed E-state index contributed by atoms with van der Waals surface area (Å²) in [5.41, 5.74) is 0. The lowest BCUT2D eigenvalue weighted by atomic mass is 9.96. The molecule has 0 aromatic carbocycles. The molecule has 0 aromatic rings. The lowest BCUT2D eigenvalue weighted by molar-refractivity contribution is 0.0811. The summed E-state index contributed by atoms with van der Waals surface area (Å²) < 4.78 is 0. The number of likely N-dealkylation sites (tertiary alicyclic amines) is 1. The second-order valence-corrected chi connectivity index (χ2v) is 7.82. The van der Waals surface area contributed by atoms with Crippen molar-refractivity contribution in [3.05, 3.63) is 0 Å². The number of piperazine rings is 1. The zero-order valence-electron chi connectivity index (χ0n) is 15.4. The zero-order chi connectivity index (χ0) is 15.9. The van der Waals surface area contributed by atoms with Gasteiger partial charge in [-0.25, -0.2) is 0 Å². The van der Waals surface area contributed by atoms with Gasteiger partial charge >= 0.3 is 0 Å². The predicted octanol–water partition coefficient (Wildman–Crippen LogP) is 1.72. The lowest BCUT2D eigenvalue weighted by Gasteiger charge is -2.40. The van der Waals surface area contributed by atoms with Crippen LogP contribution in [0.2, 0.25) is 0 Å². The minimum Gasteiger partial charge on any atom is -0.313 e. The molecule has 2 heterocycles. The van der Waals surface area contributed by atoms with Gasteiger partial charge < -0.3 is 15.1 Å². The van der Waals surface area contributed by atoms with Crippen LogP contribution >= 0.6 is 0 Å². The van der Waals surface area contributed by atoms with Crippen molar-refractivity contribution in [1.29, 1.82) is 0 Å². The van der Waals surface area contributed by atoms with E-state index in [1.165, 1.54) is 65.2 Å². The van der Waals surface area contributed by atoms with Crippen molar-refractivity contribution in [3.8, 4) is 0 Å². The first kappa shape index (κ1) is 18.2. The van der Waals surface area contributed by atoms with Crippen molar-refractivity contribution in [2.24, 2.45) is 5.92 Å². The van der Waals surface area contributed by atoms with E-state index >= 15 is 0 Å². The van der Waals surface area contributed by atoms with Gasteiger partial charge in [-0.2, -0.15) is 0 Å². The molecule has 2 aliphatic rings. The summed E-state index contributed by atoms with van der Waals surface area (Å²) in [7, 11) is 0. The number of nitrogens with one attached hydrogen (secondary N) is 1. The molecule has 0 spiro atoms. The largest absolute Gasteiger partial charge is 0.313 e. The Balaban J connectivity index is 1.58. The molecule has 0 amide bonds. The van der Waals surface area contributed by atoms with Crippen LogP contribution in [0.5, 0.6) is 0 Å². The first-order valence-electron chi connectivity index (χ1n) is 9.46. The predicted molar refractivity (Wildman–Crippen MR) is 95.5 cm³/mol. The summed E-state index contributed by atoms with van der Waals surface area (Å²) in [5.74, 6) is 0.930. The number of piperidine rings is 1. The van der Waals surface area contributed by atoms with E-state index in [4.69, 9.17) is 0 Å². The van der Waals surface area contributed by atoms with Crippen LogP contribution < -0.4 is 5.32 Å². The maximum absolute atomic E-state index is 3.53. The second-order valence-electron chi connectivity index (χ2n) is 7.82. The van der Waals surface area contributed by atoms with Gasteiger partial charge in [0.15, 0.2) is 0 Å². The van der Waals surface area contributed by atoms with Crippen molar-refractivity contribution in [1.82, 2.24) is 20.0 Å². The van der Waals surface area contributed by atoms with Crippen LogP contribution in [0.1, 0.15) is 40.5 Å². The summed E-state index contributed by atoms with van der Waals surface area (Å²) in [4.78, 5) is 7.96. The van der Waals surface area contributed by atoms with Crippen LogP contribution in [0, 0.1) is 5.92 Å². The Kier molecular flexibility index (Phi) is 7.61. The third-order valence-corrected chi connectivity index (χ3v) is 5.34. The molecule has 2 fully saturated rings. The highest BCUT2D eigenvalue weighted by atomic mass is 15.3. The third-order valence-electron chi connectivity index (χ3n) is 5.34. The molecular formula is C18H38N4. The molecular weight excluding hydrogens is 272 g/mol.